The van der Waals surface area contributed by atoms with Crippen molar-refractivity contribution in [3.8, 4) is 0 Å². The Morgan fingerprint density at radius 1 is 0.971 bits per heavy atom. The lowest BCUT2D eigenvalue weighted by atomic mass is 10.00. The van der Waals surface area contributed by atoms with Crippen LogP contribution in [0.15, 0.2) is 48.5 Å². The number of piperidine rings is 1. The van der Waals surface area contributed by atoms with E-state index >= 15 is 0 Å². The number of likely N-dealkylation sites (tertiary alicyclic amines) is 1. The fraction of sp³-hybridized carbons (Fsp3) is 0.400. The Labute approximate surface area is 197 Å². The quantitative estimate of drug-likeness (QED) is 0.551. The minimum absolute atomic E-state index is 0.100. The molecule has 1 aliphatic heterocycles. The van der Waals surface area contributed by atoms with E-state index in [4.69, 9.17) is 0 Å². The van der Waals surface area contributed by atoms with Gasteiger partial charge in [-0.3, -0.25) is 19.3 Å². The van der Waals surface area contributed by atoms with Gasteiger partial charge in [-0.1, -0.05) is 38.1 Å². The van der Waals surface area contributed by atoms with Gasteiger partial charge in [-0.25, -0.2) is 8.78 Å². The molecule has 3 rings (SSSR count). The fourth-order valence-corrected chi connectivity index (χ4v) is 3.91. The maximum absolute atomic E-state index is 13.9. The van der Waals surface area contributed by atoms with E-state index in [0.717, 1.165) is 17.8 Å². The van der Waals surface area contributed by atoms with Gasteiger partial charge < -0.3 is 16.0 Å². The van der Waals surface area contributed by atoms with Gasteiger partial charge in [-0.05, 0) is 43.0 Å². The zero-order chi connectivity index (χ0) is 24.7. The van der Waals surface area contributed by atoms with Crippen LogP contribution in [-0.4, -0.2) is 54.3 Å². The van der Waals surface area contributed by atoms with E-state index < -0.39 is 35.1 Å². The van der Waals surface area contributed by atoms with E-state index in [1.165, 1.54) is 6.07 Å². The number of anilines is 1. The van der Waals surface area contributed by atoms with Crippen molar-refractivity contribution in [1.29, 1.82) is 0 Å². The van der Waals surface area contributed by atoms with Crippen molar-refractivity contribution < 1.29 is 23.2 Å². The molecule has 1 atom stereocenters. The van der Waals surface area contributed by atoms with Crippen LogP contribution in [-0.2, 0) is 9.59 Å². The highest BCUT2D eigenvalue weighted by Crippen LogP contribution is 2.15. The van der Waals surface area contributed by atoms with E-state index in [1.54, 1.807) is 13.8 Å². The summed E-state index contributed by atoms with van der Waals surface area (Å²) >= 11 is 0. The predicted molar refractivity (Wildman–Crippen MR) is 125 cm³/mol. The number of carbonyl (C=O) groups is 3. The third kappa shape index (κ3) is 6.84. The van der Waals surface area contributed by atoms with Crippen LogP contribution in [0, 0.1) is 17.6 Å². The molecule has 0 spiro atoms. The summed E-state index contributed by atoms with van der Waals surface area (Å²) in [4.78, 5) is 39.6. The van der Waals surface area contributed by atoms with Crippen molar-refractivity contribution in [2.75, 3.05) is 25.0 Å². The normalized spacial score (nSPS) is 15.6. The van der Waals surface area contributed by atoms with E-state index in [2.05, 4.69) is 16.0 Å². The Kier molecular flexibility index (Phi) is 8.70. The number of nitrogens with one attached hydrogen (secondary N) is 3. The Morgan fingerprint density at radius 3 is 2.18 bits per heavy atom. The van der Waals surface area contributed by atoms with E-state index in [-0.39, 0.29) is 24.4 Å². The maximum atomic E-state index is 13.9. The molecule has 0 aromatic heterocycles. The van der Waals surface area contributed by atoms with Crippen molar-refractivity contribution >= 4 is 23.4 Å². The van der Waals surface area contributed by atoms with Gasteiger partial charge in [0.1, 0.15) is 23.2 Å². The molecule has 182 valence electrons. The van der Waals surface area contributed by atoms with Gasteiger partial charge in [-0.2, -0.15) is 0 Å². The predicted octanol–water partition coefficient (Wildman–Crippen LogP) is 2.94. The molecule has 0 bridgehead atoms. The minimum Gasteiger partial charge on any atom is -0.351 e. The van der Waals surface area contributed by atoms with Gasteiger partial charge in [0.15, 0.2) is 0 Å². The van der Waals surface area contributed by atoms with Crippen molar-refractivity contribution in [3.63, 3.8) is 0 Å². The van der Waals surface area contributed by atoms with Crippen LogP contribution >= 0.6 is 0 Å². The van der Waals surface area contributed by atoms with Crippen LogP contribution in [0.4, 0.5) is 14.5 Å². The second-order valence-electron chi connectivity index (χ2n) is 8.77. The molecule has 3 N–H and O–H groups in total. The lowest BCUT2D eigenvalue weighted by Gasteiger charge is -2.33. The third-order valence-corrected chi connectivity index (χ3v) is 5.78. The molecular weight excluding hydrogens is 442 g/mol. The number of hydrogen-bond donors (Lipinski definition) is 3. The Bertz CT molecular complexity index is 988. The van der Waals surface area contributed by atoms with E-state index in [0.29, 0.717) is 25.9 Å². The van der Waals surface area contributed by atoms with Gasteiger partial charge in [-0.15, -0.1) is 0 Å². The summed E-state index contributed by atoms with van der Waals surface area (Å²) in [5, 5.41) is 8.25. The van der Waals surface area contributed by atoms with Crippen molar-refractivity contribution in [3.05, 3.63) is 65.7 Å². The van der Waals surface area contributed by atoms with Gasteiger partial charge in [0.25, 0.3) is 5.91 Å². The second-order valence-corrected chi connectivity index (χ2v) is 8.77. The van der Waals surface area contributed by atoms with Gasteiger partial charge in [0, 0.05) is 24.8 Å². The first kappa shape index (κ1) is 25.3. The highest BCUT2D eigenvalue weighted by Gasteiger charge is 2.30. The first-order valence-corrected chi connectivity index (χ1v) is 11.4. The summed E-state index contributed by atoms with van der Waals surface area (Å²) in [5.74, 6) is -3.73. The maximum Gasteiger partial charge on any atom is 0.257 e. The van der Waals surface area contributed by atoms with Crippen LogP contribution in [0.2, 0.25) is 0 Å². The van der Waals surface area contributed by atoms with Crippen LogP contribution in [0.1, 0.15) is 37.0 Å². The number of para-hydroxylation sites is 1. The molecule has 1 saturated heterocycles. The van der Waals surface area contributed by atoms with Crippen LogP contribution < -0.4 is 16.0 Å². The molecule has 2 aromatic rings. The number of halogens is 2. The monoisotopic (exact) mass is 472 g/mol. The summed E-state index contributed by atoms with van der Waals surface area (Å²) in [6, 6.07) is 11.3. The lowest BCUT2D eigenvalue weighted by molar-refractivity contribution is -0.125. The van der Waals surface area contributed by atoms with Crippen molar-refractivity contribution in [1.82, 2.24) is 15.5 Å². The summed E-state index contributed by atoms with van der Waals surface area (Å²) in [7, 11) is 0. The summed E-state index contributed by atoms with van der Waals surface area (Å²) in [5.41, 5.74) is 0.0368. The first-order chi connectivity index (χ1) is 16.2. The molecule has 2 aromatic carbocycles. The zero-order valence-corrected chi connectivity index (χ0v) is 19.3. The van der Waals surface area contributed by atoms with Crippen LogP contribution in [0.5, 0.6) is 0 Å². The molecule has 7 nitrogen and oxygen atoms in total. The summed E-state index contributed by atoms with van der Waals surface area (Å²) in [6.45, 7) is 5.01. The largest absolute Gasteiger partial charge is 0.351 e. The topological polar surface area (TPSA) is 90.5 Å². The molecule has 1 fully saturated rings. The average Bonchev–Trinajstić information content (AvgIpc) is 2.79. The van der Waals surface area contributed by atoms with Crippen LogP contribution in [0.3, 0.4) is 0 Å². The van der Waals surface area contributed by atoms with E-state index in [9.17, 15) is 23.2 Å². The minimum atomic E-state index is -0.982. The Hall–Kier alpha value is -3.33. The number of amides is 3. The number of nitrogens with zero attached hydrogens (tertiary/aromatic N) is 1. The molecule has 0 saturated carbocycles. The van der Waals surface area contributed by atoms with Gasteiger partial charge in [0.2, 0.25) is 11.8 Å². The van der Waals surface area contributed by atoms with Crippen molar-refractivity contribution in [2.45, 2.75) is 38.8 Å². The number of carbonyl (C=O) groups excluding carboxylic acids is 3. The summed E-state index contributed by atoms with van der Waals surface area (Å²) in [6.07, 6.45) is 1.29. The smallest absolute Gasteiger partial charge is 0.257 e. The molecule has 0 radical (unpaired) electrons. The number of hydrogen-bond acceptors (Lipinski definition) is 4. The molecule has 9 heteroatoms. The average molecular weight is 473 g/mol. The molecule has 3 amide bonds. The van der Waals surface area contributed by atoms with Gasteiger partial charge >= 0.3 is 0 Å². The number of benzene rings is 2. The molecule has 1 heterocycles. The fourth-order valence-electron chi connectivity index (χ4n) is 3.91. The first-order valence-electron chi connectivity index (χ1n) is 11.4. The third-order valence-electron chi connectivity index (χ3n) is 5.78. The Morgan fingerprint density at radius 2 is 1.59 bits per heavy atom. The second kappa shape index (κ2) is 11.7. The zero-order valence-electron chi connectivity index (χ0n) is 19.3. The molecule has 0 aliphatic carbocycles. The van der Waals surface area contributed by atoms with Gasteiger partial charge in [0.05, 0.1) is 6.54 Å². The SMILES string of the molecule is CC(C)C(NC(=O)c1c(F)cccc1F)C(=O)NC1CCN(CC(=O)Nc2ccccc2)CC1. The highest BCUT2D eigenvalue weighted by atomic mass is 19.1. The highest BCUT2D eigenvalue weighted by molar-refractivity contribution is 5.98. The molecule has 34 heavy (non-hydrogen) atoms. The number of rotatable bonds is 8. The molecule has 1 aliphatic rings. The molecular formula is C25H30F2N4O3. The standard InChI is InChI=1S/C25H30F2N4O3/c1-16(2)23(30-24(33)22-19(26)9-6-10-20(22)27)25(34)29-18-11-13-31(14-12-18)15-21(32)28-17-7-4-3-5-8-17/h3-10,16,18,23H,11-15H2,1-2H3,(H,28,32)(H,29,34)(H,30,33). The van der Waals surface area contributed by atoms with E-state index in [1.807, 2.05) is 35.2 Å². The Balaban J connectivity index is 1.49. The lowest BCUT2D eigenvalue weighted by Crippen LogP contribution is -2.54. The summed E-state index contributed by atoms with van der Waals surface area (Å²) < 4.78 is 27.9. The van der Waals surface area contributed by atoms with Crippen LogP contribution in [0.25, 0.3) is 0 Å². The molecule has 1 unspecified atom stereocenters. The van der Waals surface area contributed by atoms with Crippen molar-refractivity contribution in [2.24, 2.45) is 5.92 Å².